The molecule has 0 fully saturated rings. The molecule has 0 spiro atoms. The van der Waals surface area contributed by atoms with E-state index in [4.69, 9.17) is 9.47 Å². The third kappa shape index (κ3) is 5.76. The van der Waals surface area contributed by atoms with Gasteiger partial charge in [0.1, 0.15) is 11.5 Å². The number of ether oxygens (including phenoxy) is 2. The Labute approximate surface area is 148 Å². The summed E-state index contributed by atoms with van der Waals surface area (Å²) in [6, 6.07) is 15.0. The number of halogens is 1. The smallest absolute Gasteiger partial charge is 0.262 e. The van der Waals surface area contributed by atoms with Gasteiger partial charge in [0.05, 0.1) is 12.8 Å². The quantitative estimate of drug-likeness (QED) is 0.767. The minimum Gasteiger partial charge on any atom is -0.495 e. The number of hydrogen-bond acceptors (Lipinski definition) is 4. The van der Waals surface area contributed by atoms with E-state index in [1.807, 2.05) is 43.3 Å². The van der Waals surface area contributed by atoms with Gasteiger partial charge in [-0.25, -0.2) is 0 Å². The van der Waals surface area contributed by atoms with Gasteiger partial charge >= 0.3 is 0 Å². The zero-order valence-corrected chi connectivity index (χ0v) is 14.7. The molecule has 0 saturated carbocycles. The Hall–Kier alpha value is -2.24. The molecule has 0 unspecified atom stereocenters. The second kappa shape index (κ2) is 10.5. The number of carbonyl (C=O) groups is 1. The van der Waals surface area contributed by atoms with Gasteiger partial charge in [0, 0.05) is 12.1 Å². The van der Waals surface area contributed by atoms with Crippen LogP contribution in [-0.2, 0) is 11.3 Å². The van der Waals surface area contributed by atoms with Crippen molar-refractivity contribution in [3.05, 3.63) is 54.1 Å². The monoisotopic (exact) mass is 350 g/mol. The van der Waals surface area contributed by atoms with E-state index in [0.29, 0.717) is 23.7 Å². The second-order valence-electron chi connectivity index (χ2n) is 4.93. The van der Waals surface area contributed by atoms with Crippen molar-refractivity contribution in [1.29, 1.82) is 0 Å². The van der Waals surface area contributed by atoms with Gasteiger partial charge in [0.15, 0.2) is 6.61 Å². The second-order valence-corrected chi connectivity index (χ2v) is 4.93. The Kier molecular flexibility index (Phi) is 8.68. The molecule has 0 bridgehead atoms. The summed E-state index contributed by atoms with van der Waals surface area (Å²) < 4.78 is 10.9. The number of benzene rings is 2. The first kappa shape index (κ1) is 19.8. The molecule has 2 rings (SSSR count). The molecule has 0 radical (unpaired) electrons. The van der Waals surface area contributed by atoms with Crippen LogP contribution in [-0.4, -0.2) is 26.2 Å². The van der Waals surface area contributed by atoms with Crippen LogP contribution in [0.2, 0.25) is 0 Å². The predicted molar refractivity (Wildman–Crippen MR) is 98.2 cm³/mol. The molecule has 24 heavy (non-hydrogen) atoms. The van der Waals surface area contributed by atoms with E-state index >= 15 is 0 Å². The SMILES string of the molecule is CCNCc1ccccc1OCC(=O)Nc1ccccc1OC.Cl. The van der Waals surface area contributed by atoms with Crippen molar-refractivity contribution < 1.29 is 14.3 Å². The van der Waals surface area contributed by atoms with Crippen LogP contribution in [0.5, 0.6) is 11.5 Å². The van der Waals surface area contributed by atoms with E-state index in [-0.39, 0.29) is 24.9 Å². The van der Waals surface area contributed by atoms with Crippen molar-refractivity contribution in [2.45, 2.75) is 13.5 Å². The van der Waals surface area contributed by atoms with Gasteiger partial charge in [-0.1, -0.05) is 37.3 Å². The van der Waals surface area contributed by atoms with E-state index < -0.39 is 0 Å². The summed E-state index contributed by atoms with van der Waals surface area (Å²) in [5.41, 5.74) is 1.66. The summed E-state index contributed by atoms with van der Waals surface area (Å²) in [6.45, 7) is 3.58. The van der Waals surface area contributed by atoms with Crippen molar-refractivity contribution in [2.75, 3.05) is 25.6 Å². The summed E-state index contributed by atoms with van der Waals surface area (Å²) in [4.78, 5) is 12.1. The summed E-state index contributed by atoms with van der Waals surface area (Å²) in [6.07, 6.45) is 0. The third-order valence-corrected chi connectivity index (χ3v) is 3.28. The van der Waals surface area contributed by atoms with E-state index in [2.05, 4.69) is 10.6 Å². The van der Waals surface area contributed by atoms with Crippen LogP contribution < -0.4 is 20.1 Å². The van der Waals surface area contributed by atoms with Gasteiger partial charge in [-0.3, -0.25) is 4.79 Å². The lowest BCUT2D eigenvalue weighted by molar-refractivity contribution is -0.118. The van der Waals surface area contributed by atoms with Gasteiger partial charge in [0.2, 0.25) is 0 Å². The van der Waals surface area contributed by atoms with Crippen molar-refractivity contribution >= 4 is 24.0 Å². The van der Waals surface area contributed by atoms with Crippen LogP contribution in [0.4, 0.5) is 5.69 Å². The van der Waals surface area contributed by atoms with Crippen LogP contribution in [0.1, 0.15) is 12.5 Å². The zero-order chi connectivity index (χ0) is 16.5. The highest BCUT2D eigenvalue weighted by molar-refractivity contribution is 5.93. The van der Waals surface area contributed by atoms with Gasteiger partial charge < -0.3 is 20.1 Å². The molecule has 0 saturated heterocycles. The summed E-state index contributed by atoms with van der Waals surface area (Å²) in [7, 11) is 1.57. The number of nitrogens with one attached hydrogen (secondary N) is 2. The first-order chi connectivity index (χ1) is 11.2. The highest BCUT2D eigenvalue weighted by atomic mass is 35.5. The van der Waals surface area contributed by atoms with Crippen molar-refractivity contribution in [1.82, 2.24) is 5.32 Å². The van der Waals surface area contributed by atoms with Gasteiger partial charge in [-0.15, -0.1) is 12.4 Å². The lowest BCUT2D eigenvalue weighted by Crippen LogP contribution is -2.21. The maximum absolute atomic E-state index is 12.1. The molecular formula is C18H23ClN2O3. The molecule has 2 aromatic rings. The fourth-order valence-corrected chi connectivity index (χ4v) is 2.13. The average molecular weight is 351 g/mol. The topological polar surface area (TPSA) is 59.6 Å². The van der Waals surface area contributed by atoms with Gasteiger partial charge in [-0.05, 0) is 24.7 Å². The van der Waals surface area contributed by atoms with E-state index in [0.717, 1.165) is 12.1 Å². The molecule has 5 nitrogen and oxygen atoms in total. The summed E-state index contributed by atoms with van der Waals surface area (Å²) in [5, 5.41) is 6.04. The van der Waals surface area contributed by atoms with Gasteiger partial charge in [-0.2, -0.15) is 0 Å². The van der Waals surface area contributed by atoms with E-state index in [1.54, 1.807) is 19.2 Å². The first-order valence-electron chi connectivity index (χ1n) is 7.59. The van der Waals surface area contributed by atoms with Crippen LogP contribution in [0.25, 0.3) is 0 Å². The fraction of sp³-hybridized carbons (Fsp3) is 0.278. The molecule has 0 aromatic heterocycles. The van der Waals surface area contributed by atoms with Crippen LogP contribution in [0, 0.1) is 0 Å². The minimum atomic E-state index is -0.229. The highest BCUT2D eigenvalue weighted by Crippen LogP contribution is 2.23. The number of anilines is 1. The average Bonchev–Trinajstić information content (AvgIpc) is 2.59. The molecule has 1 amide bonds. The van der Waals surface area contributed by atoms with Crippen molar-refractivity contribution in [2.24, 2.45) is 0 Å². The standard InChI is InChI=1S/C18H22N2O3.ClH/c1-3-19-12-14-8-4-6-10-16(14)23-13-18(21)20-15-9-5-7-11-17(15)22-2;/h4-11,19H,3,12-13H2,1-2H3,(H,20,21);1H. The number of rotatable bonds is 8. The predicted octanol–water partition coefficient (Wildman–Crippen LogP) is 3.24. The molecule has 2 aromatic carbocycles. The number of amides is 1. The number of hydrogen-bond donors (Lipinski definition) is 2. The lowest BCUT2D eigenvalue weighted by atomic mass is 10.2. The van der Waals surface area contributed by atoms with E-state index in [9.17, 15) is 4.79 Å². The molecule has 2 N–H and O–H groups in total. The van der Waals surface area contributed by atoms with Crippen molar-refractivity contribution in [3.8, 4) is 11.5 Å². The lowest BCUT2D eigenvalue weighted by Gasteiger charge is -2.13. The first-order valence-corrected chi connectivity index (χ1v) is 7.59. The largest absolute Gasteiger partial charge is 0.495 e. The highest BCUT2D eigenvalue weighted by Gasteiger charge is 2.09. The van der Waals surface area contributed by atoms with E-state index in [1.165, 1.54) is 0 Å². The van der Waals surface area contributed by atoms with Crippen molar-refractivity contribution in [3.63, 3.8) is 0 Å². The molecule has 130 valence electrons. The molecule has 0 aliphatic rings. The Morgan fingerprint density at radius 1 is 1.04 bits per heavy atom. The molecule has 0 aliphatic heterocycles. The number of methoxy groups -OCH3 is 1. The maximum Gasteiger partial charge on any atom is 0.262 e. The number of para-hydroxylation sites is 3. The molecule has 0 aliphatic carbocycles. The minimum absolute atomic E-state index is 0. The molecule has 6 heteroatoms. The Morgan fingerprint density at radius 3 is 2.42 bits per heavy atom. The maximum atomic E-state index is 12.1. The Balaban J connectivity index is 0.00000288. The zero-order valence-electron chi connectivity index (χ0n) is 13.9. The van der Waals surface area contributed by atoms with Gasteiger partial charge in [0.25, 0.3) is 5.91 Å². The Morgan fingerprint density at radius 2 is 1.71 bits per heavy atom. The molecule has 0 heterocycles. The van der Waals surface area contributed by atoms with Crippen LogP contribution in [0.15, 0.2) is 48.5 Å². The molecule has 0 atom stereocenters. The number of carbonyl (C=O) groups excluding carboxylic acids is 1. The van der Waals surface area contributed by atoms with Crippen LogP contribution >= 0.6 is 12.4 Å². The fourth-order valence-electron chi connectivity index (χ4n) is 2.13. The summed E-state index contributed by atoms with van der Waals surface area (Å²) >= 11 is 0. The summed E-state index contributed by atoms with van der Waals surface area (Å²) in [5.74, 6) is 1.10. The normalized spacial score (nSPS) is 9.75. The Bertz CT molecular complexity index is 650. The molecular weight excluding hydrogens is 328 g/mol. The third-order valence-electron chi connectivity index (χ3n) is 3.28. The van der Waals surface area contributed by atoms with Crippen LogP contribution in [0.3, 0.4) is 0 Å².